The first-order valence-electron chi connectivity index (χ1n) is 8.85. The van der Waals surface area contributed by atoms with E-state index >= 15 is 0 Å². The summed E-state index contributed by atoms with van der Waals surface area (Å²) < 4.78 is 0. The number of nitrogens with zero attached hydrogens (tertiary/aromatic N) is 1. The van der Waals surface area contributed by atoms with Gasteiger partial charge in [-0.1, -0.05) is 48.0 Å². The molecule has 1 aliphatic rings. The van der Waals surface area contributed by atoms with Gasteiger partial charge in [-0.05, 0) is 24.6 Å². The molecule has 132 valence electrons. The van der Waals surface area contributed by atoms with E-state index in [4.69, 9.17) is 0 Å². The fraction of sp³-hybridized carbons (Fsp3) is 0.381. The van der Waals surface area contributed by atoms with Crippen LogP contribution in [0.3, 0.4) is 0 Å². The van der Waals surface area contributed by atoms with Gasteiger partial charge in [0.25, 0.3) is 0 Å². The van der Waals surface area contributed by atoms with Crippen molar-refractivity contribution in [1.29, 1.82) is 0 Å². The van der Waals surface area contributed by atoms with Gasteiger partial charge in [-0.3, -0.25) is 9.69 Å². The van der Waals surface area contributed by atoms with Crippen LogP contribution in [0.4, 0.5) is 0 Å². The van der Waals surface area contributed by atoms with E-state index in [-0.39, 0.29) is 11.9 Å². The molecule has 3 rings (SSSR count). The van der Waals surface area contributed by atoms with Crippen LogP contribution < -0.4 is 5.32 Å². The van der Waals surface area contributed by atoms with Crippen LogP contribution in [0.25, 0.3) is 0 Å². The number of carbonyl (C=O) groups is 1. The molecule has 0 radical (unpaired) electrons. The van der Waals surface area contributed by atoms with Crippen LogP contribution in [0.15, 0.2) is 59.5 Å². The predicted molar refractivity (Wildman–Crippen MR) is 105 cm³/mol. The zero-order chi connectivity index (χ0) is 17.6. The summed E-state index contributed by atoms with van der Waals surface area (Å²) in [5, 5.41) is 3.16. The molecule has 0 unspecified atom stereocenters. The second-order valence-electron chi connectivity index (χ2n) is 6.75. The van der Waals surface area contributed by atoms with E-state index in [1.165, 1.54) is 16.0 Å². The molecule has 1 N–H and O–H groups in total. The molecular formula is C21H26N2OS. The van der Waals surface area contributed by atoms with Crippen molar-refractivity contribution >= 4 is 17.7 Å². The third-order valence-electron chi connectivity index (χ3n) is 4.71. The van der Waals surface area contributed by atoms with Crippen molar-refractivity contribution in [2.45, 2.75) is 30.7 Å². The van der Waals surface area contributed by atoms with Crippen molar-refractivity contribution in [2.24, 2.45) is 0 Å². The van der Waals surface area contributed by atoms with Gasteiger partial charge in [-0.25, -0.2) is 0 Å². The van der Waals surface area contributed by atoms with Gasteiger partial charge in [0.05, 0.1) is 0 Å². The van der Waals surface area contributed by atoms with E-state index in [1.807, 2.05) is 11.8 Å². The lowest BCUT2D eigenvalue weighted by molar-refractivity contribution is -0.119. The average Bonchev–Trinajstić information content (AvgIpc) is 2.98. The Balaban J connectivity index is 1.60. The number of carbonyl (C=O) groups excluding carboxylic acids is 1. The molecule has 2 aromatic carbocycles. The van der Waals surface area contributed by atoms with Crippen molar-refractivity contribution in [3.8, 4) is 0 Å². The number of rotatable bonds is 6. The second kappa shape index (κ2) is 8.54. The monoisotopic (exact) mass is 354 g/mol. The summed E-state index contributed by atoms with van der Waals surface area (Å²) in [6.07, 6.45) is 0. The molecule has 0 aliphatic carbocycles. The normalized spacial score (nSPS) is 20.6. The van der Waals surface area contributed by atoms with Crippen molar-refractivity contribution in [3.05, 3.63) is 65.7 Å². The minimum atomic E-state index is 0.0580. The Labute approximate surface area is 154 Å². The second-order valence-corrected chi connectivity index (χ2v) is 7.91. The summed E-state index contributed by atoms with van der Waals surface area (Å²) in [7, 11) is 0. The Morgan fingerprint density at radius 3 is 2.52 bits per heavy atom. The van der Waals surface area contributed by atoms with E-state index in [0.717, 1.165) is 25.4 Å². The Kier molecular flexibility index (Phi) is 6.16. The van der Waals surface area contributed by atoms with E-state index in [0.29, 0.717) is 5.92 Å². The first-order chi connectivity index (χ1) is 12.1. The molecule has 1 saturated heterocycles. The summed E-state index contributed by atoms with van der Waals surface area (Å²) in [4.78, 5) is 15.4. The van der Waals surface area contributed by atoms with Crippen molar-refractivity contribution in [2.75, 3.05) is 25.4 Å². The van der Waals surface area contributed by atoms with Crippen LogP contribution in [0, 0.1) is 6.92 Å². The summed E-state index contributed by atoms with van der Waals surface area (Å²) >= 11 is 1.89. The summed E-state index contributed by atoms with van der Waals surface area (Å²) in [5.41, 5.74) is 2.59. The Morgan fingerprint density at radius 2 is 1.84 bits per heavy atom. The zero-order valence-electron chi connectivity index (χ0n) is 14.9. The number of amides is 1. The minimum absolute atomic E-state index is 0.0580. The SMILES string of the molecule is CC(=O)N[C@@H]1CN(CCSc2ccccc2)C[C@H]1c1ccc(C)cc1. The number of thioether (sulfide) groups is 1. The third kappa shape index (κ3) is 5.10. The van der Waals surface area contributed by atoms with E-state index in [9.17, 15) is 4.79 Å². The number of nitrogens with one attached hydrogen (secondary N) is 1. The maximum absolute atomic E-state index is 11.6. The molecule has 1 fully saturated rings. The quantitative estimate of drug-likeness (QED) is 0.803. The zero-order valence-corrected chi connectivity index (χ0v) is 15.8. The van der Waals surface area contributed by atoms with Crippen molar-refractivity contribution in [3.63, 3.8) is 0 Å². The lowest BCUT2D eigenvalue weighted by Crippen LogP contribution is -2.38. The van der Waals surface area contributed by atoms with Crippen molar-refractivity contribution in [1.82, 2.24) is 10.2 Å². The highest BCUT2D eigenvalue weighted by Crippen LogP contribution is 2.28. The van der Waals surface area contributed by atoms with Gasteiger partial charge in [0.2, 0.25) is 5.91 Å². The smallest absolute Gasteiger partial charge is 0.217 e. The van der Waals surface area contributed by atoms with Crippen LogP contribution in [-0.4, -0.2) is 42.2 Å². The molecule has 1 heterocycles. The average molecular weight is 355 g/mol. The third-order valence-corrected chi connectivity index (χ3v) is 5.70. The number of benzene rings is 2. The minimum Gasteiger partial charge on any atom is -0.352 e. The first kappa shape index (κ1) is 18.0. The Bertz CT molecular complexity index is 687. The van der Waals surface area contributed by atoms with Crippen LogP contribution >= 0.6 is 11.8 Å². The largest absolute Gasteiger partial charge is 0.352 e. The van der Waals surface area contributed by atoms with Crippen molar-refractivity contribution < 1.29 is 4.79 Å². The summed E-state index contributed by atoms with van der Waals surface area (Å²) in [6, 6.07) is 19.5. The van der Waals surface area contributed by atoms with Crippen LogP contribution in [0.5, 0.6) is 0 Å². The lowest BCUT2D eigenvalue weighted by Gasteiger charge is -2.19. The van der Waals surface area contributed by atoms with Crippen LogP contribution in [0.2, 0.25) is 0 Å². The molecule has 0 spiro atoms. The summed E-state index contributed by atoms with van der Waals surface area (Å²) in [6.45, 7) is 6.69. The molecule has 4 heteroatoms. The maximum atomic E-state index is 11.6. The molecule has 0 aromatic heterocycles. The number of aryl methyl sites for hydroxylation is 1. The highest BCUT2D eigenvalue weighted by Gasteiger charge is 2.33. The molecular weight excluding hydrogens is 328 g/mol. The summed E-state index contributed by atoms with van der Waals surface area (Å²) in [5.74, 6) is 1.49. The van der Waals surface area contributed by atoms with Crippen LogP contribution in [-0.2, 0) is 4.79 Å². The molecule has 2 aromatic rings. The number of likely N-dealkylation sites (tertiary alicyclic amines) is 1. The highest BCUT2D eigenvalue weighted by molar-refractivity contribution is 7.99. The molecule has 2 atom stereocenters. The van der Waals surface area contributed by atoms with E-state index in [1.54, 1.807) is 6.92 Å². The van der Waals surface area contributed by atoms with Gasteiger partial charge in [-0.15, -0.1) is 11.8 Å². The predicted octanol–water partition coefficient (Wildman–Crippen LogP) is 3.69. The fourth-order valence-corrected chi connectivity index (χ4v) is 4.37. The molecule has 3 nitrogen and oxygen atoms in total. The van der Waals surface area contributed by atoms with Gasteiger partial charge in [0, 0.05) is 49.2 Å². The van der Waals surface area contributed by atoms with Gasteiger partial charge < -0.3 is 5.32 Å². The lowest BCUT2D eigenvalue weighted by atomic mass is 9.93. The fourth-order valence-electron chi connectivity index (χ4n) is 3.44. The molecule has 1 aliphatic heterocycles. The Hall–Kier alpha value is -1.78. The first-order valence-corrected chi connectivity index (χ1v) is 9.84. The molecule has 1 amide bonds. The van der Waals surface area contributed by atoms with Gasteiger partial charge in [0.15, 0.2) is 0 Å². The van der Waals surface area contributed by atoms with Gasteiger partial charge in [0.1, 0.15) is 0 Å². The number of hydrogen-bond acceptors (Lipinski definition) is 3. The maximum Gasteiger partial charge on any atom is 0.217 e. The highest BCUT2D eigenvalue weighted by atomic mass is 32.2. The molecule has 0 bridgehead atoms. The van der Waals surface area contributed by atoms with Gasteiger partial charge >= 0.3 is 0 Å². The molecule has 25 heavy (non-hydrogen) atoms. The van der Waals surface area contributed by atoms with E-state index in [2.05, 4.69) is 71.7 Å². The van der Waals surface area contributed by atoms with Gasteiger partial charge in [-0.2, -0.15) is 0 Å². The van der Waals surface area contributed by atoms with E-state index < -0.39 is 0 Å². The van der Waals surface area contributed by atoms with Crippen LogP contribution in [0.1, 0.15) is 24.0 Å². The Morgan fingerprint density at radius 1 is 1.12 bits per heavy atom. The molecule has 0 saturated carbocycles. The topological polar surface area (TPSA) is 32.3 Å². The number of hydrogen-bond donors (Lipinski definition) is 1. The standard InChI is InChI=1S/C21H26N2OS/c1-16-8-10-18(11-9-16)20-14-23(15-21(20)22-17(2)24)12-13-25-19-6-4-3-5-7-19/h3-11,20-21H,12-15H2,1-2H3,(H,22,24)/t20-,21+/m0/s1.